The highest BCUT2D eigenvalue weighted by Gasteiger charge is 2.05. The van der Waals surface area contributed by atoms with Gasteiger partial charge in [-0.1, -0.05) is 0 Å². The molecular formula is C11H26N4. The van der Waals surface area contributed by atoms with Crippen LogP contribution in [0.3, 0.4) is 0 Å². The molecule has 1 saturated heterocycles. The number of nitrogens with zero attached hydrogens (tertiary/aromatic N) is 2. The van der Waals surface area contributed by atoms with E-state index < -0.39 is 0 Å². The molecule has 0 atom stereocenters. The summed E-state index contributed by atoms with van der Waals surface area (Å²) >= 11 is 0. The van der Waals surface area contributed by atoms with Crippen molar-refractivity contribution in [2.24, 2.45) is 0 Å². The summed E-state index contributed by atoms with van der Waals surface area (Å²) in [5, 5.41) is 5.83. The van der Waals surface area contributed by atoms with Gasteiger partial charge < -0.3 is 10.2 Å². The van der Waals surface area contributed by atoms with Gasteiger partial charge in [-0.05, 0) is 53.0 Å². The Bertz CT molecular complexity index is 140. The van der Waals surface area contributed by atoms with Gasteiger partial charge in [-0.3, -0.25) is 5.43 Å². The van der Waals surface area contributed by atoms with E-state index in [-0.39, 0.29) is 0 Å². The van der Waals surface area contributed by atoms with Gasteiger partial charge >= 0.3 is 0 Å². The third-order valence-corrected chi connectivity index (χ3v) is 2.68. The normalized spacial score (nSPS) is 21.0. The molecule has 4 nitrogen and oxygen atoms in total. The molecule has 1 rings (SSSR count). The maximum Gasteiger partial charge on any atom is 0.0143 e. The van der Waals surface area contributed by atoms with Crippen molar-refractivity contribution in [3.05, 3.63) is 0 Å². The average Bonchev–Trinajstić information content (AvgIpc) is 2.31. The zero-order chi connectivity index (χ0) is 10.9. The van der Waals surface area contributed by atoms with Gasteiger partial charge in [0.2, 0.25) is 0 Å². The van der Waals surface area contributed by atoms with Crippen LogP contribution in [0.25, 0.3) is 0 Å². The van der Waals surface area contributed by atoms with Gasteiger partial charge in [-0.2, -0.15) is 0 Å². The van der Waals surface area contributed by atoms with Crippen LogP contribution in [0.2, 0.25) is 0 Å². The summed E-state index contributed by atoms with van der Waals surface area (Å²) in [7, 11) is 4.27. The number of hydrogen-bond acceptors (Lipinski definition) is 4. The highest BCUT2D eigenvalue weighted by Crippen LogP contribution is 1.94. The summed E-state index contributed by atoms with van der Waals surface area (Å²) in [4.78, 5) is 2.25. The lowest BCUT2D eigenvalue weighted by atomic mass is 10.3. The molecule has 1 aliphatic heterocycles. The molecule has 0 aliphatic carbocycles. The third-order valence-electron chi connectivity index (χ3n) is 2.68. The Labute approximate surface area is 94.0 Å². The first-order valence-corrected chi connectivity index (χ1v) is 6.13. The molecule has 0 amide bonds. The van der Waals surface area contributed by atoms with Crippen LogP contribution in [-0.4, -0.2) is 63.3 Å². The van der Waals surface area contributed by atoms with Crippen LogP contribution in [0.4, 0.5) is 0 Å². The second kappa shape index (κ2) is 8.05. The molecule has 0 aromatic rings. The lowest BCUT2D eigenvalue weighted by molar-refractivity contribution is 0.180. The Morgan fingerprint density at radius 2 is 1.93 bits per heavy atom. The molecule has 90 valence electrons. The van der Waals surface area contributed by atoms with Gasteiger partial charge in [0.05, 0.1) is 0 Å². The highest BCUT2D eigenvalue weighted by molar-refractivity contribution is 4.60. The minimum Gasteiger partial charge on any atom is -0.317 e. The SMILES string of the molecule is CN(C)CCCN1CCCNCCCN1. The lowest BCUT2D eigenvalue weighted by Gasteiger charge is -2.23. The first-order chi connectivity index (χ1) is 7.29. The largest absolute Gasteiger partial charge is 0.317 e. The summed E-state index contributed by atoms with van der Waals surface area (Å²) in [5.74, 6) is 0. The Kier molecular flexibility index (Phi) is 6.92. The molecule has 0 spiro atoms. The lowest BCUT2D eigenvalue weighted by Crippen LogP contribution is -2.40. The Hall–Kier alpha value is -0.160. The van der Waals surface area contributed by atoms with E-state index in [0.29, 0.717) is 0 Å². The summed E-state index contributed by atoms with van der Waals surface area (Å²) < 4.78 is 0. The minimum absolute atomic E-state index is 1.11. The molecule has 2 N–H and O–H groups in total. The van der Waals surface area contributed by atoms with Crippen molar-refractivity contribution >= 4 is 0 Å². The van der Waals surface area contributed by atoms with Crippen LogP contribution in [0.5, 0.6) is 0 Å². The van der Waals surface area contributed by atoms with Crippen molar-refractivity contribution in [1.82, 2.24) is 20.7 Å². The maximum atomic E-state index is 3.51. The molecule has 1 fully saturated rings. The predicted octanol–water partition coefficient (Wildman–Crippen LogP) is 0.128. The molecule has 1 heterocycles. The van der Waals surface area contributed by atoms with Crippen LogP contribution in [0, 0.1) is 0 Å². The van der Waals surface area contributed by atoms with Gasteiger partial charge in [0, 0.05) is 19.6 Å². The molecule has 0 aromatic carbocycles. The van der Waals surface area contributed by atoms with Crippen molar-refractivity contribution < 1.29 is 0 Å². The molecule has 0 bridgehead atoms. The van der Waals surface area contributed by atoms with Crippen LogP contribution < -0.4 is 10.7 Å². The fourth-order valence-corrected chi connectivity index (χ4v) is 1.82. The number of nitrogens with one attached hydrogen (secondary N) is 2. The number of hydrogen-bond donors (Lipinski definition) is 2. The molecule has 1 aliphatic rings. The summed E-state index contributed by atoms with van der Waals surface area (Å²) in [6.45, 7) is 6.93. The van der Waals surface area contributed by atoms with E-state index in [1.54, 1.807) is 0 Å². The monoisotopic (exact) mass is 214 g/mol. The highest BCUT2D eigenvalue weighted by atomic mass is 15.5. The van der Waals surface area contributed by atoms with Gasteiger partial charge in [-0.15, -0.1) is 0 Å². The van der Waals surface area contributed by atoms with Gasteiger partial charge in [0.1, 0.15) is 0 Å². The fourth-order valence-electron chi connectivity index (χ4n) is 1.82. The Balaban J connectivity index is 2.12. The van der Waals surface area contributed by atoms with Crippen LogP contribution in [0.15, 0.2) is 0 Å². The van der Waals surface area contributed by atoms with E-state index in [1.807, 2.05) is 0 Å². The standard InChI is InChI=1S/C11H26N4/c1-14(2)9-5-11-15-10-4-7-12-6-3-8-13-15/h12-13H,3-11H2,1-2H3. The van der Waals surface area contributed by atoms with Gasteiger partial charge in [0.25, 0.3) is 0 Å². The van der Waals surface area contributed by atoms with Crippen molar-refractivity contribution in [2.75, 3.05) is 53.4 Å². The molecule has 0 unspecified atom stereocenters. The van der Waals surface area contributed by atoms with E-state index in [4.69, 9.17) is 0 Å². The zero-order valence-electron chi connectivity index (χ0n) is 10.3. The van der Waals surface area contributed by atoms with Gasteiger partial charge in [-0.25, -0.2) is 5.01 Å². The van der Waals surface area contributed by atoms with E-state index >= 15 is 0 Å². The third kappa shape index (κ3) is 6.84. The Morgan fingerprint density at radius 3 is 2.73 bits per heavy atom. The maximum absolute atomic E-state index is 3.51. The Morgan fingerprint density at radius 1 is 1.13 bits per heavy atom. The van der Waals surface area contributed by atoms with Gasteiger partial charge in [0.15, 0.2) is 0 Å². The second-order valence-electron chi connectivity index (χ2n) is 4.51. The van der Waals surface area contributed by atoms with Crippen molar-refractivity contribution in [1.29, 1.82) is 0 Å². The minimum atomic E-state index is 1.11. The molecular weight excluding hydrogens is 188 g/mol. The zero-order valence-corrected chi connectivity index (χ0v) is 10.3. The van der Waals surface area contributed by atoms with E-state index in [1.165, 1.54) is 32.4 Å². The quantitative estimate of drug-likeness (QED) is 0.696. The summed E-state index contributed by atoms with van der Waals surface area (Å²) in [5.41, 5.74) is 3.51. The fraction of sp³-hybridized carbons (Fsp3) is 1.00. The molecule has 0 saturated carbocycles. The summed E-state index contributed by atoms with van der Waals surface area (Å²) in [6.07, 6.45) is 3.71. The topological polar surface area (TPSA) is 30.5 Å². The molecule has 0 aromatic heterocycles. The predicted molar refractivity (Wildman–Crippen MR) is 64.9 cm³/mol. The average molecular weight is 214 g/mol. The van der Waals surface area contributed by atoms with Crippen molar-refractivity contribution in [3.8, 4) is 0 Å². The van der Waals surface area contributed by atoms with E-state index in [2.05, 4.69) is 34.7 Å². The smallest absolute Gasteiger partial charge is 0.0143 e. The van der Waals surface area contributed by atoms with E-state index in [0.717, 1.165) is 26.2 Å². The summed E-state index contributed by atoms with van der Waals surface area (Å²) in [6, 6.07) is 0. The van der Waals surface area contributed by atoms with Crippen LogP contribution in [0.1, 0.15) is 19.3 Å². The van der Waals surface area contributed by atoms with E-state index in [9.17, 15) is 0 Å². The van der Waals surface area contributed by atoms with Crippen LogP contribution >= 0.6 is 0 Å². The second-order valence-corrected chi connectivity index (χ2v) is 4.51. The molecule has 0 radical (unpaired) electrons. The van der Waals surface area contributed by atoms with Crippen LogP contribution in [-0.2, 0) is 0 Å². The number of hydrazine groups is 1. The first kappa shape index (κ1) is 12.9. The number of rotatable bonds is 4. The van der Waals surface area contributed by atoms with Crippen molar-refractivity contribution in [2.45, 2.75) is 19.3 Å². The first-order valence-electron chi connectivity index (χ1n) is 6.13. The van der Waals surface area contributed by atoms with Crippen molar-refractivity contribution in [3.63, 3.8) is 0 Å². The molecule has 4 heteroatoms. The molecule has 15 heavy (non-hydrogen) atoms.